The quantitative estimate of drug-likeness (QED) is 0.789. The van der Waals surface area contributed by atoms with Gasteiger partial charge < -0.3 is 9.88 Å². The van der Waals surface area contributed by atoms with E-state index >= 15 is 0 Å². The number of rotatable bonds is 1. The lowest BCUT2D eigenvalue weighted by molar-refractivity contribution is 0.445. The predicted octanol–water partition coefficient (Wildman–Crippen LogP) is 4.71. The van der Waals surface area contributed by atoms with E-state index in [1.165, 1.54) is 39.5 Å². The first-order valence-electron chi connectivity index (χ1n) is 7.88. The minimum atomic E-state index is 0.193. The van der Waals surface area contributed by atoms with Gasteiger partial charge in [0.05, 0.1) is 0 Å². The number of aromatic nitrogens is 1. The smallest absolute Gasteiger partial charge is 0.0491 e. The van der Waals surface area contributed by atoms with Gasteiger partial charge in [0.1, 0.15) is 0 Å². The van der Waals surface area contributed by atoms with E-state index in [-0.39, 0.29) is 5.41 Å². The van der Waals surface area contributed by atoms with Crippen LogP contribution in [0.15, 0.2) is 22.7 Å². The van der Waals surface area contributed by atoms with E-state index in [0.717, 1.165) is 13.1 Å². The van der Waals surface area contributed by atoms with Crippen molar-refractivity contribution in [2.24, 2.45) is 7.05 Å². The molecule has 0 aliphatic carbocycles. The largest absolute Gasteiger partial charge is 0.346 e. The number of fused-ring (bicyclic) bond motifs is 1. The van der Waals surface area contributed by atoms with Crippen LogP contribution < -0.4 is 5.32 Å². The number of hydrogen-bond acceptors (Lipinski definition) is 1. The Kier molecular flexibility index (Phi) is 3.91. The summed E-state index contributed by atoms with van der Waals surface area (Å²) in [6.45, 7) is 9.09. The number of halogens is 1. The van der Waals surface area contributed by atoms with Gasteiger partial charge in [-0.2, -0.15) is 0 Å². The molecule has 0 bridgehead atoms. The molecule has 1 saturated heterocycles. The van der Waals surface area contributed by atoms with Crippen LogP contribution in [0.5, 0.6) is 0 Å². The maximum atomic E-state index is 3.90. The van der Waals surface area contributed by atoms with Crippen LogP contribution in [-0.2, 0) is 12.5 Å². The number of piperidine rings is 1. The fourth-order valence-electron chi connectivity index (χ4n) is 3.43. The van der Waals surface area contributed by atoms with Gasteiger partial charge in [-0.15, -0.1) is 0 Å². The summed E-state index contributed by atoms with van der Waals surface area (Å²) in [6.07, 6.45) is 2.46. The maximum absolute atomic E-state index is 3.90. The summed E-state index contributed by atoms with van der Waals surface area (Å²) in [6, 6.07) is 6.93. The van der Waals surface area contributed by atoms with Crippen molar-refractivity contribution in [2.45, 2.75) is 44.9 Å². The first kappa shape index (κ1) is 15.1. The summed E-state index contributed by atoms with van der Waals surface area (Å²) in [5.74, 6) is 0.663. The Labute approximate surface area is 136 Å². The molecule has 0 unspecified atom stereocenters. The second-order valence-corrected chi connectivity index (χ2v) is 8.06. The molecule has 0 saturated carbocycles. The summed E-state index contributed by atoms with van der Waals surface area (Å²) in [5.41, 5.74) is 4.40. The summed E-state index contributed by atoms with van der Waals surface area (Å²) in [5, 5.41) is 4.82. The van der Waals surface area contributed by atoms with Gasteiger partial charge in [-0.05, 0) is 65.0 Å². The van der Waals surface area contributed by atoms with E-state index in [1.807, 2.05) is 0 Å². The molecule has 1 aliphatic rings. The molecule has 21 heavy (non-hydrogen) atoms. The molecule has 0 atom stereocenters. The summed E-state index contributed by atoms with van der Waals surface area (Å²) < 4.78 is 3.69. The van der Waals surface area contributed by atoms with Gasteiger partial charge >= 0.3 is 0 Å². The molecule has 1 aromatic carbocycles. The first-order chi connectivity index (χ1) is 9.89. The highest BCUT2D eigenvalue weighted by atomic mass is 79.9. The molecular formula is C18H25BrN2. The van der Waals surface area contributed by atoms with Crippen LogP contribution in [0, 0.1) is 0 Å². The molecule has 2 aromatic rings. The van der Waals surface area contributed by atoms with Crippen molar-refractivity contribution in [3.63, 3.8) is 0 Å². The molecular weight excluding hydrogens is 324 g/mol. The van der Waals surface area contributed by atoms with Gasteiger partial charge in [0.15, 0.2) is 0 Å². The number of nitrogens with one attached hydrogen (secondary N) is 1. The van der Waals surface area contributed by atoms with E-state index in [1.54, 1.807) is 0 Å². The van der Waals surface area contributed by atoms with Gasteiger partial charge in [-0.25, -0.2) is 0 Å². The lowest BCUT2D eigenvalue weighted by atomic mass is 9.86. The Hall–Kier alpha value is -0.800. The molecule has 3 rings (SSSR count). The number of aryl methyl sites for hydroxylation is 1. The molecule has 1 aliphatic heterocycles. The lowest BCUT2D eigenvalue weighted by Gasteiger charge is -2.24. The molecule has 2 nitrogen and oxygen atoms in total. The van der Waals surface area contributed by atoms with Gasteiger partial charge in [0.25, 0.3) is 0 Å². The number of nitrogens with zero attached hydrogens (tertiary/aromatic N) is 1. The van der Waals surface area contributed by atoms with Crippen molar-refractivity contribution in [3.8, 4) is 0 Å². The van der Waals surface area contributed by atoms with Crippen LogP contribution in [0.3, 0.4) is 0 Å². The summed E-state index contributed by atoms with van der Waals surface area (Å²) in [7, 11) is 2.21. The predicted molar refractivity (Wildman–Crippen MR) is 94.2 cm³/mol. The van der Waals surface area contributed by atoms with Crippen LogP contribution in [0.2, 0.25) is 0 Å². The summed E-state index contributed by atoms with van der Waals surface area (Å²) >= 11 is 3.90. The normalized spacial score (nSPS) is 17.6. The van der Waals surface area contributed by atoms with E-state index in [0.29, 0.717) is 5.92 Å². The topological polar surface area (TPSA) is 17.0 Å². The van der Waals surface area contributed by atoms with E-state index in [9.17, 15) is 0 Å². The Morgan fingerprint density at radius 1 is 1.19 bits per heavy atom. The molecule has 0 spiro atoms. The average molecular weight is 349 g/mol. The van der Waals surface area contributed by atoms with Crippen molar-refractivity contribution in [1.29, 1.82) is 0 Å². The third-order valence-corrected chi connectivity index (χ3v) is 5.61. The van der Waals surface area contributed by atoms with Gasteiger partial charge in [-0.3, -0.25) is 0 Å². The highest BCUT2D eigenvalue weighted by molar-refractivity contribution is 9.10. The Morgan fingerprint density at radius 3 is 2.48 bits per heavy atom. The molecule has 0 amide bonds. The molecule has 2 heterocycles. The van der Waals surface area contributed by atoms with Gasteiger partial charge in [0.2, 0.25) is 0 Å². The minimum absolute atomic E-state index is 0.193. The van der Waals surface area contributed by atoms with Gasteiger partial charge in [0, 0.05) is 34.0 Å². The third-order valence-electron chi connectivity index (χ3n) is 4.77. The van der Waals surface area contributed by atoms with Crippen LogP contribution in [-0.4, -0.2) is 17.7 Å². The monoisotopic (exact) mass is 348 g/mol. The summed E-state index contributed by atoms with van der Waals surface area (Å²) in [4.78, 5) is 0. The number of benzene rings is 1. The SMILES string of the molecule is Cn1c(C2CCNCC2)c(Br)c2cc(C(C)(C)C)ccc21. The van der Waals surface area contributed by atoms with Crippen molar-refractivity contribution in [2.75, 3.05) is 13.1 Å². The van der Waals surface area contributed by atoms with Crippen molar-refractivity contribution in [1.82, 2.24) is 9.88 Å². The highest BCUT2D eigenvalue weighted by Gasteiger charge is 2.24. The highest BCUT2D eigenvalue weighted by Crippen LogP contribution is 2.39. The van der Waals surface area contributed by atoms with E-state index < -0.39 is 0 Å². The second kappa shape index (κ2) is 5.44. The minimum Gasteiger partial charge on any atom is -0.346 e. The zero-order chi connectivity index (χ0) is 15.2. The molecule has 0 radical (unpaired) electrons. The fraction of sp³-hybridized carbons (Fsp3) is 0.556. The average Bonchev–Trinajstić information content (AvgIpc) is 2.70. The lowest BCUT2D eigenvalue weighted by Crippen LogP contribution is -2.27. The molecule has 114 valence electrons. The molecule has 3 heteroatoms. The van der Waals surface area contributed by atoms with Crippen LogP contribution in [0.4, 0.5) is 0 Å². The standard InChI is InChI=1S/C18H25BrN2/c1-18(2,3)13-5-6-15-14(11-13)16(19)17(21(15)4)12-7-9-20-10-8-12/h5-6,11-12,20H,7-10H2,1-4H3. The molecule has 1 aromatic heterocycles. The van der Waals surface area contributed by atoms with Crippen LogP contribution >= 0.6 is 15.9 Å². The van der Waals surface area contributed by atoms with E-state index in [4.69, 9.17) is 0 Å². The van der Waals surface area contributed by atoms with Crippen molar-refractivity contribution < 1.29 is 0 Å². The van der Waals surface area contributed by atoms with Crippen molar-refractivity contribution >= 4 is 26.8 Å². The molecule has 1 fully saturated rings. The van der Waals surface area contributed by atoms with Crippen LogP contribution in [0.25, 0.3) is 10.9 Å². The van der Waals surface area contributed by atoms with Crippen LogP contribution in [0.1, 0.15) is 50.8 Å². The Morgan fingerprint density at radius 2 is 1.86 bits per heavy atom. The molecule has 1 N–H and O–H groups in total. The van der Waals surface area contributed by atoms with Crippen molar-refractivity contribution in [3.05, 3.63) is 33.9 Å². The first-order valence-corrected chi connectivity index (χ1v) is 8.68. The third kappa shape index (κ3) is 2.66. The number of hydrogen-bond donors (Lipinski definition) is 1. The zero-order valence-electron chi connectivity index (χ0n) is 13.5. The Balaban J connectivity index is 2.14. The fourth-order valence-corrected chi connectivity index (χ4v) is 4.34. The Bertz CT molecular complexity index is 658. The second-order valence-electron chi connectivity index (χ2n) is 7.26. The maximum Gasteiger partial charge on any atom is 0.0491 e. The zero-order valence-corrected chi connectivity index (χ0v) is 15.0. The van der Waals surface area contributed by atoms with Gasteiger partial charge in [-0.1, -0.05) is 26.8 Å². The van der Waals surface area contributed by atoms with E-state index in [2.05, 4.69) is 71.8 Å².